The fourth-order valence-electron chi connectivity index (χ4n) is 1.98. The molecular formula is C15H14F3N3O5. The van der Waals surface area contributed by atoms with Crippen molar-refractivity contribution in [2.24, 2.45) is 7.05 Å². The molecule has 11 heteroatoms. The van der Waals surface area contributed by atoms with Crippen LogP contribution in [0.25, 0.3) is 0 Å². The number of hydrogen-bond acceptors (Lipinski definition) is 5. The highest BCUT2D eigenvalue weighted by Gasteiger charge is 2.32. The second-order valence-corrected chi connectivity index (χ2v) is 5.09. The summed E-state index contributed by atoms with van der Waals surface area (Å²) in [5, 5.41) is 2.31. The molecule has 0 bridgehead atoms. The van der Waals surface area contributed by atoms with E-state index in [1.54, 1.807) is 0 Å². The minimum Gasteiger partial charge on any atom is -0.497 e. The van der Waals surface area contributed by atoms with Crippen LogP contribution in [0.15, 0.2) is 33.9 Å². The maximum Gasteiger partial charge on any atom is 0.573 e. The van der Waals surface area contributed by atoms with Gasteiger partial charge >= 0.3 is 12.1 Å². The van der Waals surface area contributed by atoms with Gasteiger partial charge in [-0.3, -0.25) is 14.2 Å². The van der Waals surface area contributed by atoms with Crippen molar-refractivity contribution in [2.75, 3.05) is 7.11 Å². The Morgan fingerprint density at radius 1 is 1.27 bits per heavy atom. The Bertz CT molecular complexity index is 902. The van der Waals surface area contributed by atoms with E-state index in [0.29, 0.717) is 0 Å². The summed E-state index contributed by atoms with van der Waals surface area (Å²) < 4.78 is 47.1. The average molecular weight is 373 g/mol. The van der Waals surface area contributed by atoms with Gasteiger partial charge in [-0.05, 0) is 12.1 Å². The van der Waals surface area contributed by atoms with Gasteiger partial charge in [-0.1, -0.05) is 0 Å². The summed E-state index contributed by atoms with van der Waals surface area (Å²) in [6, 6.07) is 4.60. The molecule has 2 rings (SSSR count). The summed E-state index contributed by atoms with van der Waals surface area (Å²) in [7, 11) is 2.50. The number of halogens is 3. The molecule has 140 valence electrons. The van der Waals surface area contributed by atoms with Crippen LogP contribution in [-0.2, 0) is 13.6 Å². The number of carbonyl (C=O) groups excluding carboxylic acids is 1. The third-order valence-electron chi connectivity index (χ3n) is 3.33. The lowest BCUT2D eigenvalue weighted by Gasteiger charge is -2.15. The van der Waals surface area contributed by atoms with Crippen LogP contribution in [0.2, 0.25) is 0 Å². The minimum atomic E-state index is -4.93. The van der Waals surface area contributed by atoms with Gasteiger partial charge in [-0.25, -0.2) is 4.79 Å². The molecule has 2 aromatic rings. The molecule has 1 aromatic heterocycles. The first-order valence-electron chi connectivity index (χ1n) is 7.12. The summed E-state index contributed by atoms with van der Waals surface area (Å²) in [5.74, 6) is -1.25. The lowest BCUT2D eigenvalue weighted by atomic mass is 10.2. The highest BCUT2D eigenvalue weighted by Crippen LogP contribution is 2.30. The van der Waals surface area contributed by atoms with Gasteiger partial charge < -0.3 is 19.8 Å². The van der Waals surface area contributed by atoms with Crippen LogP contribution in [0.4, 0.5) is 13.2 Å². The Labute approximate surface area is 144 Å². The van der Waals surface area contributed by atoms with Crippen molar-refractivity contribution in [3.63, 3.8) is 0 Å². The molecule has 0 unspecified atom stereocenters. The molecule has 1 heterocycles. The van der Waals surface area contributed by atoms with Crippen molar-refractivity contribution < 1.29 is 27.4 Å². The second-order valence-electron chi connectivity index (χ2n) is 5.09. The predicted molar refractivity (Wildman–Crippen MR) is 83.2 cm³/mol. The molecule has 0 aliphatic rings. The number of benzene rings is 1. The second kappa shape index (κ2) is 7.33. The first-order chi connectivity index (χ1) is 12.1. The Morgan fingerprint density at radius 2 is 1.96 bits per heavy atom. The van der Waals surface area contributed by atoms with Crippen molar-refractivity contribution in [2.45, 2.75) is 12.9 Å². The molecule has 1 amide bonds. The van der Waals surface area contributed by atoms with Gasteiger partial charge in [0, 0.05) is 31.3 Å². The van der Waals surface area contributed by atoms with E-state index in [9.17, 15) is 27.6 Å². The molecule has 0 fully saturated rings. The van der Waals surface area contributed by atoms with Gasteiger partial charge in [-0.2, -0.15) is 0 Å². The number of ether oxygens (including phenoxy) is 2. The summed E-state index contributed by atoms with van der Waals surface area (Å²) in [5.41, 5.74) is -1.80. The average Bonchev–Trinajstić information content (AvgIpc) is 2.56. The summed E-state index contributed by atoms with van der Waals surface area (Å²) in [4.78, 5) is 37.2. The van der Waals surface area contributed by atoms with Gasteiger partial charge in [0.2, 0.25) is 0 Å². The normalized spacial score (nSPS) is 11.1. The van der Waals surface area contributed by atoms with Crippen molar-refractivity contribution in [3.05, 3.63) is 56.4 Å². The molecule has 0 aliphatic heterocycles. The Morgan fingerprint density at radius 3 is 2.54 bits per heavy atom. The third-order valence-corrected chi connectivity index (χ3v) is 3.33. The molecule has 0 saturated heterocycles. The van der Waals surface area contributed by atoms with E-state index in [1.807, 2.05) is 0 Å². The van der Waals surface area contributed by atoms with Crippen molar-refractivity contribution in [1.82, 2.24) is 14.9 Å². The largest absolute Gasteiger partial charge is 0.573 e. The molecule has 0 radical (unpaired) electrons. The molecule has 0 saturated carbocycles. The maximum atomic E-state index is 12.5. The first-order valence-corrected chi connectivity index (χ1v) is 7.12. The number of aromatic nitrogens is 2. The predicted octanol–water partition coefficient (Wildman–Crippen LogP) is 0.911. The van der Waals surface area contributed by atoms with E-state index >= 15 is 0 Å². The van der Waals surface area contributed by atoms with Gasteiger partial charge in [0.25, 0.3) is 11.5 Å². The van der Waals surface area contributed by atoms with Gasteiger partial charge in [0.1, 0.15) is 17.2 Å². The van der Waals surface area contributed by atoms with Crippen LogP contribution in [0.1, 0.15) is 16.1 Å². The Kier molecular flexibility index (Phi) is 5.38. The van der Waals surface area contributed by atoms with Gasteiger partial charge in [0.15, 0.2) is 0 Å². The summed E-state index contributed by atoms with van der Waals surface area (Å²) >= 11 is 0. The fraction of sp³-hybridized carbons (Fsp3) is 0.267. The standard InChI is InChI=1S/C15H14F3N3O5/c1-21-12(22)6-10(20-14(21)24)13(23)19-7-8-3-4-9(25-2)5-11(8)26-15(16,17)18/h3-6H,7H2,1-2H3,(H,19,23)(H,20,24). The number of methoxy groups -OCH3 is 1. The molecule has 8 nitrogen and oxygen atoms in total. The van der Waals surface area contributed by atoms with Crippen LogP contribution < -0.4 is 26.0 Å². The highest BCUT2D eigenvalue weighted by atomic mass is 19.4. The summed E-state index contributed by atoms with van der Waals surface area (Å²) in [6.07, 6.45) is -4.93. The number of hydrogen-bond donors (Lipinski definition) is 2. The zero-order chi connectivity index (χ0) is 19.5. The zero-order valence-corrected chi connectivity index (χ0v) is 13.6. The fourth-order valence-corrected chi connectivity index (χ4v) is 1.98. The number of aromatic amines is 1. The Hall–Kier alpha value is -3.24. The lowest BCUT2D eigenvalue weighted by molar-refractivity contribution is -0.274. The number of nitrogens with zero attached hydrogens (tertiary/aromatic N) is 1. The van der Waals surface area contributed by atoms with E-state index in [-0.39, 0.29) is 23.6 Å². The lowest BCUT2D eigenvalue weighted by Crippen LogP contribution is -2.36. The van der Waals surface area contributed by atoms with Gasteiger partial charge in [-0.15, -0.1) is 13.2 Å². The van der Waals surface area contributed by atoms with E-state index < -0.39 is 29.3 Å². The third kappa shape index (κ3) is 4.65. The van der Waals surface area contributed by atoms with Crippen molar-refractivity contribution in [3.8, 4) is 11.5 Å². The van der Waals surface area contributed by atoms with E-state index in [2.05, 4.69) is 15.0 Å². The van der Waals surface area contributed by atoms with Crippen LogP contribution in [0.3, 0.4) is 0 Å². The number of H-pyrrole nitrogens is 1. The Balaban J connectivity index is 2.22. The van der Waals surface area contributed by atoms with Crippen molar-refractivity contribution >= 4 is 5.91 Å². The van der Waals surface area contributed by atoms with Crippen LogP contribution in [-0.4, -0.2) is 28.9 Å². The van der Waals surface area contributed by atoms with Crippen molar-refractivity contribution in [1.29, 1.82) is 0 Å². The number of amides is 1. The van der Waals surface area contributed by atoms with Gasteiger partial charge in [0.05, 0.1) is 7.11 Å². The first kappa shape index (κ1) is 19.1. The monoisotopic (exact) mass is 373 g/mol. The number of carbonyl (C=O) groups is 1. The topological polar surface area (TPSA) is 102 Å². The van der Waals surface area contributed by atoms with E-state index in [1.165, 1.54) is 26.3 Å². The number of alkyl halides is 3. The highest BCUT2D eigenvalue weighted by molar-refractivity contribution is 5.92. The molecule has 2 N–H and O–H groups in total. The van der Waals surface area contributed by atoms with Crippen LogP contribution >= 0.6 is 0 Å². The number of nitrogens with one attached hydrogen (secondary N) is 2. The van der Waals surface area contributed by atoms with E-state index in [4.69, 9.17) is 4.74 Å². The SMILES string of the molecule is COc1ccc(CNC(=O)c2cc(=O)n(C)c(=O)[nH]2)c(OC(F)(F)F)c1. The smallest absolute Gasteiger partial charge is 0.497 e. The molecular weight excluding hydrogens is 359 g/mol. The van der Waals surface area contributed by atoms with Crippen LogP contribution in [0.5, 0.6) is 11.5 Å². The molecule has 0 aliphatic carbocycles. The number of rotatable bonds is 5. The minimum absolute atomic E-state index is 0.0163. The summed E-state index contributed by atoms with van der Waals surface area (Å²) in [6.45, 7) is -0.342. The van der Waals surface area contributed by atoms with Crippen LogP contribution in [0, 0.1) is 0 Å². The maximum absolute atomic E-state index is 12.5. The molecule has 0 spiro atoms. The zero-order valence-electron chi connectivity index (χ0n) is 13.6. The molecule has 0 atom stereocenters. The van der Waals surface area contributed by atoms with E-state index in [0.717, 1.165) is 16.7 Å². The quantitative estimate of drug-likeness (QED) is 0.811. The molecule has 26 heavy (non-hydrogen) atoms. The molecule has 1 aromatic carbocycles.